The van der Waals surface area contributed by atoms with E-state index in [4.69, 9.17) is 14.0 Å². The quantitative estimate of drug-likeness (QED) is 0.609. The van der Waals surface area contributed by atoms with Crippen molar-refractivity contribution in [3.05, 3.63) is 48.5 Å². The summed E-state index contributed by atoms with van der Waals surface area (Å²) in [6.45, 7) is 5.75. The maximum absolute atomic E-state index is 5.32. The molecule has 0 bridgehead atoms. The van der Waals surface area contributed by atoms with Crippen LogP contribution in [0.4, 0.5) is 11.7 Å². The zero-order valence-corrected chi connectivity index (χ0v) is 17.4. The normalized spacial score (nSPS) is 14.5. The van der Waals surface area contributed by atoms with Gasteiger partial charge in [-0.15, -0.1) is 0 Å². The predicted octanol–water partition coefficient (Wildman–Crippen LogP) is 2.99. The molecule has 0 atom stereocenters. The molecule has 8 nitrogen and oxygen atoms in total. The number of rotatable bonds is 8. The van der Waals surface area contributed by atoms with Crippen molar-refractivity contribution >= 4 is 11.7 Å². The standard InChI is InChI=1S/C22H27N5O3/c1-28-19-7-3-17(4-8-19)21-24-22(30-25-21)23-11-12-26-13-15-27(16-14-26)18-5-9-20(29-2)10-6-18/h3-10H,11-16H2,1-2H3,(H,23,24,25). The first-order valence-corrected chi connectivity index (χ1v) is 10.1. The van der Waals surface area contributed by atoms with Crippen LogP contribution in [-0.2, 0) is 0 Å². The molecule has 4 rings (SSSR count). The minimum atomic E-state index is 0.442. The summed E-state index contributed by atoms with van der Waals surface area (Å²) in [5, 5.41) is 7.27. The van der Waals surface area contributed by atoms with E-state index in [0.29, 0.717) is 11.8 Å². The van der Waals surface area contributed by atoms with Crippen LogP contribution in [0.5, 0.6) is 11.5 Å². The van der Waals surface area contributed by atoms with Gasteiger partial charge in [-0.05, 0) is 48.5 Å². The molecule has 0 saturated carbocycles. The molecule has 0 spiro atoms. The maximum Gasteiger partial charge on any atom is 0.321 e. The summed E-state index contributed by atoms with van der Waals surface area (Å²) in [4.78, 5) is 9.26. The van der Waals surface area contributed by atoms with E-state index in [0.717, 1.165) is 56.3 Å². The Labute approximate surface area is 176 Å². The van der Waals surface area contributed by atoms with Crippen LogP contribution in [-0.4, -0.2) is 68.5 Å². The van der Waals surface area contributed by atoms with Crippen LogP contribution in [0.25, 0.3) is 11.4 Å². The van der Waals surface area contributed by atoms with Crippen LogP contribution in [0.1, 0.15) is 0 Å². The smallest absolute Gasteiger partial charge is 0.321 e. The molecule has 3 aromatic rings. The number of benzene rings is 2. The van der Waals surface area contributed by atoms with Gasteiger partial charge in [0.1, 0.15) is 11.5 Å². The lowest BCUT2D eigenvalue weighted by molar-refractivity contribution is 0.266. The van der Waals surface area contributed by atoms with E-state index in [1.54, 1.807) is 14.2 Å². The maximum atomic E-state index is 5.32. The fourth-order valence-electron chi connectivity index (χ4n) is 3.50. The number of ether oxygens (including phenoxy) is 2. The Morgan fingerprint density at radius 3 is 2.17 bits per heavy atom. The lowest BCUT2D eigenvalue weighted by Crippen LogP contribution is -2.47. The largest absolute Gasteiger partial charge is 0.497 e. The highest BCUT2D eigenvalue weighted by Crippen LogP contribution is 2.22. The van der Waals surface area contributed by atoms with Crippen molar-refractivity contribution < 1.29 is 14.0 Å². The Hall–Kier alpha value is -3.26. The van der Waals surface area contributed by atoms with Gasteiger partial charge < -0.3 is 24.2 Å². The molecule has 2 heterocycles. The molecular weight excluding hydrogens is 382 g/mol. The van der Waals surface area contributed by atoms with E-state index in [2.05, 4.69) is 37.4 Å². The van der Waals surface area contributed by atoms with Crippen LogP contribution in [0, 0.1) is 0 Å². The number of nitrogens with zero attached hydrogens (tertiary/aromatic N) is 4. The summed E-state index contributed by atoms with van der Waals surface area (Å²) in [5.41, 5.74) is 2.13. The molecular formula is C22H27N5O3. The Bertz CT molecular complexity index is 919. The van der Waals surface area contributed by atoms with Gasteiger partial charge >= 0.3 is 6.01 Å². The minimum absolute atomic E-state index is 0.442. The Balaban J connectivity index is 1.21. The SMILES string of the molecule is COc1ccc(-c2noc(NCCN3CCN(c4ccc(OC)cc4)CC3)n2)cc1. The minimum Gasteiger partial charge on any atom is -0.497 e. The highest BCUT2D eigenvalue weighted by molar-refractivity contribution is 5.56. The number of nitrogens with one attached hydrogen (secondary N) is 1. The number of hydrogen-bond acceptors (Lipinski definition) is 8. The number of hydrogen-bond donors (Lipinski definition) is 1. The second-order valence-corrected chi connectivity index (χ2v) is 7.11. The first-order valence-electron chi connectivity index (χ1n) is 10.1. The van der Waals surface area contributed by atoms with E-state index >= 15 is 0 Å². The molecule has 8 heteroatoms. The van der Waals surface area contributed by atoms with Crippen molar-refractivity contribution in [3.8, 4) is 22.9 Å². The molecule has 0 unspecified atom stereocenters. The number of methoxy groups -OCH3 is 2. The first-order chi connectivity index (χ1) is 14.7. The van der Waals surface area contributed by atoms with Crippen LogP contribution in [0.15, 0.2) is 53.1 Å². The van der Waals surface area contributed by atoms with Crippen LogP contribution in [0.2, 0.25) is 0 Å². The molecule has 0 amide bonds. The average Bonchev–Trinajstić information content (AvgIpc) is 3.29. The van der Waals surface area contributed by atoms with Crippen molar-refractivity contribution in [2.45, 2.75) is 0 Å². The van der Waals surface area contributed by atoms with Crippen molar-refractivity contribution in [1.82, 2.24) is 15.0 Å². The monoisotopic (exact) mass is 409 g/mol. The summed E-state index contributed by atoms with van der Waals surface area (Å²) in [7, 11) is 3.33. The third-order valence-corrected chi connectivity index (χ3v) is 5.29. The molecule has 1 aliphatic heterocycles. The molecule has 158 valence electrons. The van der Waals surface area contributed by atoms with Crippen LogP contribution < -0.4 is 19.7 Å². The second kappa shape index (κ2) is 9.49. The van der Waals surface area contributed by atoms with Gasteiger partial charge in [0.25, 0.3) is 0 Å². The summed E-state index contributed by atoms with van der Waals surface area (Å²) < 4.78 is 15.7. The van der Waals surface area contributed by atoms with Gasteiger partial charge in [0.2, 0.25) is 5.82 Å². The molecule has 30 heavy (non-hydrogen) atoms. The van der Waals surface area contributed by atoms with E-state index in [1.807, 2.05) is 36.4 Å². The van der Waals surface area contributed by atoms with Crippen molar-refractivity contribution in [1.29, 1.82) is 0 Å². The second-order valence-electron chi connectivity index (χ2n) is 7.11. The van der Waals surface area contributed by atoms with Gasteiger partial charge in [-0.3, -0.25) is 4.90 Å². The lowest BCUT2D eigenvalue weighted by atomic mass is 10.2. The Morgan fingerprint density at radius 1 is 0.900 bits per heavy atom. The predicted molar refractivity (Wildman–Crippen MR) is 116 cm³/mol. The number of anilines is 2. The van der Waals surface area contributed by atoms with Gasteiger partial charge in [-0.1, -0.05) is 5.16 Å². The van der Waals surface area contributed by atoms with Crippen molar-refractivity contribution in [2.24, 2.45) is 0 Å². The van der Waals surface area contributed by atoms with E-state index in [1.165, 1.54) is 5.69 Å². The Morgan fingerprint density at radius 2 is 1.53 bits per heavy atom. The zero-order chi connectivity index (χ0) is 20.8. The van der Waals surface area contributed by atoms with Crippen molar-refractivity contribution in [3.63, 3.8) is 0 Å². The molecule has 1 aliphatic rings. The number of piperazine rings is 1. The lowest BCUT2D eigenvalue weighted by Gasteiger charge is -2.36. The van der Waals surface area contributed by atoms with E-state index < -0.39 is 0 Å². The van der Waals surface area contributed by atoms with E-state index in [-0.39, 0.29) is 0 Å². The van der Waals surface area contributed by atoms with Gasteiger partial charge in [0.15, 0.2) is 0 Å². The summed E-state index contributed by atoms with van der Waals surface area (Å²) in [5.74, 6) is 2.25. The van der Waals surface area contributed by atoms with Gasteiger partial charge in [-0.2, -0.15) is 4.98 Å². The van der Waals surface area contributed by atoms with Crippen LogP contribution in [0.3, 0.4) is 0 Å². The third-order valence-electron chi connectivity index (χ3n) is 5.29. The van der Waals surface area contributed by atoms with Crippen LogP contribution >= 0.6 is 0 Å². The zero-order valence-electron chi connectivity index (χ0n) is 17.4. The highest BCUT2D eigenvalue weighted by atomic mass is 16.5. The molecule has 1 N–H and O–H groups in total. The average molecular weight is 409 g/mol. The molecule has 1 aromatic heterocycles. The van der Waals surface area contributed by atoms with Gasteiger partial charge in [0.05, 0.1) is 14.2 Å². The molecule has 1 fully saturated rings. The Kier molecular flexibility index (Phi) is 6.34. The summed E-state index contributed by atoms with van der Waals surface area (Å²) in [6, 6.07) is 16.3. The van der Waals surface area contributed by atoms with Crippen molar-refractivity contribution in [2.75, 3.05) is 63.7 Å². The summed E-state index contributed by atoms with van der Waals surface area (Å²) >= 11 is 0. The number of aromatic nitrogens is 2. The van der Waals surface area contributed by atoms with Gasteiger partial charge in [0, 0.05) is 50.5 Å². The fourth-order valence-corrected chi connectivity index (χ4v) is 3.50. The molecule has 2 aromatic carbocycles. The topological polar surface area (TPSA) is 75.9 Å². The fraction of sp³-hybridized carbons (Fsp3) is 0.364. The molecule has 0 radical (unpaired) electrons. The highest BCUT2D eigenvalue weighted by Gasteiger charge is 2.17. The van der Waals surface area contributed by atoms with Gasteiger partial charge in [-0.25, -0.2) is 0 Å². The third kappa shape index (κ3) is 4.83. The molecule has 0 aliphatic carbocycles. The summed E-state index contributed by atoms with van der Waals surface area (Å²) in [6.07, 6.45) is 0. The first kappa shape index (κ1) is 20.0. The molecule has 1 saturated heterocycles. The van der Waals surface area contributed by atoms with E-state index in [9.17, 15) is 0 Å².